The molecule has 0 saturated heterocycles. The molecule has 1 unspecified atom stereocenters. The number of alkyl halides is 47. The number of halogens is 47. The molecule has 446 valence electrons. The summed E-state index contributed by atoms with van der Waals surface area (Å²) in [7, 11) is 0. The first-order valence-electron chi connectivity index (χ1n) is 15.1. The maximum absolute atomic E-state index is 11.4. The number of hydrogen-bond donors (Lipinski definition) is 1. The van der Waals surface area contributed by atoms with Crippen LogP contribution in [0.4, 0.5) is 0 Å². The molecule has 0 fully saturated rings. The zero-order valence-electron chi connectivity index (χ0n) is 30.9. The summed E-state index contributed by atoms with van der Waals surface area (Å²) >= 11 is 300. The van der Waals surface area contributed by atoms with Crippen LogP contribution in [0.5, 0.6) is 0 Å². The van der Waals surface area contributed by atoms with Gasteiger partial charge < -0.3 is 0 Å². The van der Waals surface area contributed by atoms with Crippen LogP contribution in [-0.4, -0.2) is 108 Å². The summed E-state index contributed by atoms with van der Waals surface area (Å²) < 4.78 is -60.1. The van der Waals surface area contributed by atoms with Crippen molar-refractivity contribution in [3.63, 3.8) is 0 Å². The minimum absolute atomic E-state index is 2.94. The van der Waals surface area contributed by atoms with Gasteiger partial charge in [-0.25, -0.2) is 4.18 Å². The molecular formula is C23HCl47O3S. The third-order valence-electron chi connectivity index (χ3n) is 8.78. The molecule has 0 amide bonds. The Morgan fingerprint density at radius 3 is 0.378 bits per heavy atom. The van der Waals surface area contributed by atoms with E-state index in [1.165, 1.54) is 0 Å². The third kappa shape index (κ3) is 13.1. The molecule has 0 aromatic heterocycles. The Bertz CT molecular complexity index is 2070. The third-order valence-corrected chi connectivity index (χ3v) is 43.4. The van der Waals surface area contributed by atoms with Crippen LogP contribution in [0, 0.1) is 0 Å². The smallest absolute Gasteiger partial charge is 0.284 e. The lowest BCUT2D eigenvalue weighted by atomic mass is 9.95. The van der Waals surface area contributed by atoms with E-state index in [0.29, 0.717) is 0 Å². The normalized spacial score (nSPS) is 17.8. The van der Waals surface area contributed by atoms with E-state index in [4.69, 9.17) is 545 Å². The largest absolute Gasteiger partial charge is 0.304 e. The fourth-order valence-electron chi connectivity index (χ4n) is 4.25. The van der Waals surface area contributed by atoms with Gasteiger partial charge in [0.15, 0.2) is 82.3 Å². The highest BCUT2D eigenvalue weighted by molar-refractivity contribution is 7.74. The molecule has 0 aromatic rings. The van der Waals surface area contributed by atoms with Crippen LogP contribution in [0.25, 0.3) is 0 Å². The van der Waals surface area contributed by atoms with E-state index in [1.54, 1.807) is 0 Å². The summed E-state index contributed by atoms with van der Waals surface area (Å²) in [5, 5.41) is 0. The van der Waals surface area contributed by atoms with Crippen molar-refractivity contribution >= 4 is 557 Å². The molecule has 0 aliphatic rings. The summed E-state index contributed by atoms with van der Waals surface area (Å²) in [6.45, 7) is 0. The number of hydrogen-bond acceptors (Lipinski definition) is 2. The molecule has 0 radical (unpaired) electrons. The number of rotatable bonds is 23. The minimum atomic E-state index is -3.93. The van der Waals surface area contributed by atoms with Crippen LogP contribution in [-0.2, 0) is 15.5 Å². The van der Waals surface area contributed by atoms with Crippen LogP contribution < -0.4 is 0 Å². The lowest BCUT2D eigenvalue weighted by Crippen LogP contribution is -2.77. The Balaban J connectivity index is 8.15. The molecule has 0 rings (SSSR count). The highest BCUT2D eigenvalue weighted by atomic mass is 35.6. The Morgan fingerprint density at radius 2 is 0.284 bits per heavy atom. The van der Waals surface area contributed by atoms with Crippen molar-refractivity contribution in [2.24, 2.45) is 0 Å². The van der Waals surface area contributed by atoms with E-state index in [9.17, 15) is 8.76 Å². The van der Waals surface area contributed by atoms with Gasteiger partial charge in [0.1, 0.15) is 0 Å². The fraction of sp³-hybridized carbons (Fsp3) is 1.00. The molecule has 1 N–H and O–H groups in total. The van der Waals surface area contributed by atoms with E-state index in [-0.39, 0.29) is 0 Å². The van der Waals surface area contributed by atoms with Gasteiger partial charge in [-0.2, -0.15) is 4.21 Å². The second-order valence-corrected chi connectivity index (χ2v) is 45.4. The molecule has 0 aliphatic carbocycles. The first-order valence-corrected chi connectivity index (χ1v) is 33.9. The van der Waals surface area contributed by atoms with Gasteiger partial charge in [-0.05, 0) is 0 Å². The molecule has 0 heterocycles. The quantitative estimate of drug-likeness (QED) is 0.0819. The SMILES string of the molecule is O=S(O)OC(Cl)(Cl)C(Cl)(Cl)C(Cl)(Cl)C(Cl)(Cl)C(Cl)(Cl)C(Cl)(Cl)C(Cl)(Cl)C(Cl)(Cl)C(Cl)(Cl)C(Cl)(Cl)C(Cl)(Cl)C(Cl)(Cl)C(Cl)(Cl)C(Cl)(Cl)C(Cl)(Cl)C(Cl)(Cl)C(Cl)(Cl)C(Cl)(Cl)C(Cl)(Cl)C(Cl)(Cl)C(Cl)(Cl)C(Cl)(Cl)C(Cl)(Cl)Cl. The molecule has 51 heteroatoms. The van der Waals surface area contributed by atoms with Gasteiger partial charge >= 0.3 is 11.4 Å². The average Bonchev–Trinajstić information content (AvgIpc) is 3.15. The van der Waals surface area contributed by atoms with Gasteiger partial charge in [-0.3, -0.25) is 4.55 Å². The Hall–Kier alpha value is 13.7. The van der Waals surface area contributed by atoms with Gasteiger partial charge in [0, 0.05) is 0 Å². The monoisotopic (exact) mass is 2000 g/mol. The van der Waals surface area contributed by atoms with E-state index >= 15 is 0 Å². The van der Waals surface area contributed by atoms with Crippen LogP contribution in [0.15, 0.2) is 0 Å². The molecule has 74 heavy (non-hydrogen) atoms. The maximum Gasteiger partial charge on any atom is 0.304 e. The second kappa shape index (κ2) is 26.3. The van der Waals surface area contributed by atoms with E-state index in [0.717, 1.165) is 0 Å². The molecule has 0 aliphatic heterocycles. The molecule has 0 spiro atoms. The second-order valence-electron chi connectivity index (χ2n) is 13.4. The highest BCUT2D eigenvalue weighted by Crippen LogP contribution is 2.80. The van der Waals surface area contributed by atoms with Crippen LogP contribution >= 0.6 is 545 Å². The van der Waals surface area contributed by atoms with E-state index in [1.807, 2.05) is 0 Å². The van der Waals surface area contributed by atoms with Crippen molar-refractivity contribution in [2.45, 2.75) is 99.3 Å². The van der Waals surface area contributed by atoms with Crippen molar-refractivity contribution in [3.8, 4) is 0 Å². The lowest BCUT2D eigenvalue weighted by molar-refractivity contribution is 0.208. The minimum Gasteiger partial charge on any atom is -0.284 e. The van der Waals surface area contributed by atoms with Crippen LogP contribution in [0.1, 0.15) is 0 Å². The van der Waals surface area contributed by atoms with Crippen molar-refractivity contribution in [2.75, 3.05) is 0 Å². The van der Waals surface area contributed by atoms with E-state index in [2.05, 4.69) is 4.18 Å². The van der Waals surface area contributed by atoms with Crippen molar-refractivity contribution in [3.05, 3.63) is 0 Å². The zero-order valence-corrected chi connectivity index (χ0v) is 67.3. The summed E-state index contributed by atoms with van der Waals surface area (Å²) in [5.74, 6) is 0. The summed E-state index contributed by atoms with van der Waals surface area (Å²) in [5.41, 5.74) is 0. The first kappa shape index (κ1) is 87.7. The first-order chi connectivity index (χ1) is 30.9. The van der Waals surface area contributed by atoms with Gasteiger partial charge in [-0.15, -0.1) is 0 Å². The van der Waals surface area contributed by atoms with Crippen LogP contribution in [0.3, 0.4) is 0 Å². The summed E-state index contributed by atoms with van der Waals surface area (Å²) in [6.07, 6.45) is 0. The molecule has 3 nitrogen and oxygen atoms in total. The van der Waals surface area contributed by atoms with Crippen molar-refractivity contribution in [1.29, 1.82) is 0 Å². The predicted octanol–water partition coefficient (Wildman–Crippen LogP) is 27.3. The predicted molar refractivity (Wildman–Crippen MR) is 350 cm³/mol. The van der Waals surface area contributed by atoms with Gasteiger partial charge in [-0.1, -0.05) is 545 Å². The summed E-state index contributed by atoms with van der Waals surface area (Å²) in [4.78, 5) is 0. The molecular weight excluding hydrogens is 2020 g/mol. The molecule has 0 aromatic carbocycles. The van der Waals surface area contributed by atoms with Gasteiger partial charge in [0.2, 0.25) is 12.5 Å². The highest BCUT2D eigenvalue weighted by Gasteiger charge is 2.90. The van der Waals surface area contributed by atoms with Crippen LogP contribution in [0.2, 0.25) is 0 Å². The summed E-state index contributed by atoms with van der Waals surface area (Å²) in [6, 6.07) is 0. The van der Waals surface area contributed by atoms with E-state index < -0.39 is 111 Å². The van der Waals surface area contributed by atoms with Crippen molar-refractivity contribution < 1.29 is 12.9 Å². The Kier molecular flexibility index (Phi) is 31.1. The van der Waals surface area contributed by atoms with Crippen molar-refractivity contribution in [1.82, 2.24) is 0 Å². The van der Waals surface area contributed by atoms with Gasteiger partial charge in [0.25, 0.3) is 4.52 Å². The van der Waals surface area contributed by atoms with Gasteiger partial charge in [0.05, 0.1) is 0 Å². The Labute approximate surface area is 657 Å². The Morgan fingerprint density at radius 1 is 0.189 bits per heavy atom. The zero-order chi connectivity index (χ0) is 61.8. The standard InChI is InChI=1S/C23HCl47O3S/c24-1(25,2(26,27)4(30,31)6(34,35)8(38,39)10(42,43)12(46,47)14(50,51)16(54,55)18(58,59)20(62,63)22(66,67)68)3(28,29)5(32,33)7(36,37)9(40,41)11(44,45)13(48,49)15(52,53)17(56,57)19(60,61)21(64,65)23(69,70)73-74(71)72/h(H,71,72). The lowest BCUT2D eigenvalue weighted by Gasteiger charge is -2.59. The molecule has 1 atom stereocenters. The molecule has 0 saturated carbocycles. The maximum atomic E-state index is 11.4. The fourth-order valence-corrected chi connectivity index (χ4v) is 21.2. The topological polar surface area (TPSA) is 46.5 Å². The average molecular weight is 2020 g/mol. The molecule has 0 bridgehead atoms.